The second-order valence-electron chi connectivity index (χ2n) is 4.70. The maximum Gasteiger partial charge on any atom is 0.306 e. The molecule has 0 aromatic heterocycles. The Morgan fingerprint density at radius 2 is 2.06 bits per heavy atom. The molecule has 1 fully saturated rings. The maximum absolute atomic E-state index is 10.8. The van der Waals surface area contributed by atoms with Crippen LogP contribution in [0.3, 0.4) is 0 Å². The number of aliphatic carboxylic acids is 1. The summed E-state index contributed by atoms with van der Waals surface area (Å²) in [5.41, 5.74) is 1.86. The van der Waals surface area contributed by atoms with Crippen molar-refractivity contribution in [1.82, 2.24) is 0 Å². The van der Waals surface area contributed by atoms with Crippen LogP contribution in [0.2, 0.25) is 0 Å². The van der Waals surface area contributed by atoms with E-state index >= 15 is 0 Å². The quantitative estimate of drug-likeness (QED) is 0.808. The van der Waals surface area contributed by atoms with Crippen molar-refractivity contribution in [2.45, 2.75) is 25.7 Å². The van der Waals surface area contributed by atoms with Gasteiger partial charge in [0.1, 0.15) is 0 Å². The lowest BCUT2D eigenvalue weighted by Gasteiger charge is -2.09. The van der Waals surface area contributed by atoms with Gasteiger partial charge in [0.05, 0.1) is 12.5 Å². The van der Waals surface area contributed by atoms with Crippen LogP contribution in [-0.4, -0.2) is 11.1 Å². The smallest absolute Gasteiger partial charge is 0.306 e. The van der Waals surface area contributed by atoms with Gasteiger partial charge in [-0.1, -0.05) is 29.8 Å². The van der Waals surface area contributed by atoms with Crippen molar-refractivity contribution in [2.75, 3.05) is 0 Å². The molecule has 1 aliphatic rings. The number of rotatable bonds is 3. The van der Waals surface area contributed by atoms with E-state index in [1.54, 1.807) is 0 Å². The Bertz CT molecular complexity index is 444. The average molecular weight is 229 g/mol. The molecule has 0 unspecified atom stereocenters. The van der Waals surface area contributed by atoms with Crippen LogP contribution in [0.5, 0.6) is 0 Å². The normalized spacial score (nSPS) is 23.2. The van der Waals surface area contributed by atoms with E-state index in [2.05, 4.69) is 4.85 Å². The molecule has 3 heteroatoms. The summed E-state index contributed by atoms with van der Waals surface area (Å²) in [6, 6.07) is 7.60. The zero-order valence-electron chi connectivity index (χ0n) is 9.60. The molecule has 0 saturated heterocycles. The van der Waals surface area contributed by atoms with Gasteiger partial charge in [0.15, 0.2) is 5.69 Å². The molecular formula is C14H15NO2. The number of carboxylic acid groups (broad SMARTS) is 1. The summed E-state index contributed by atoms with van der Waals surface area (Å²) < 4.78 is 0. The molecule has 3 nitrogen and oxygen atoms in total. The van der Waals surface area contributed by atoms with Gasteiger partial charge in [-0.05, 0) is 31.6 Å². The molecule has 0 radical (unpaired) electrons. The van der Waals surface area contributed by atoms with Gasteiger partial charge >= 0.3 is 5.97 Å². The van der Waals surface area contributed by atoms with E-state index in [1.807, 2.05) is 24.3 Å². The van der Waals surface area contributed by atoms with Crippen molar-refractivity contribution in [3.63, 3.8) is 0 Å². The summed E-state index contributed by atoms with van der Waals surface area (Å²) in [5.74, 6) is -0.326. The topological polar surface area (TPSA) is 41.7 Å². The minimum Gasteiger partial charge on any atom is -0.481 e. The molecule has 0 aliphatic heterocycles. The van der Waals surface area contributed by atoms with Crippen LogP contribution in [0.1, 0.15) is 24.8 Å². The van der Waals surface area contributed by atoms with Gasteiger partial charge in [-0.25, -0.2) is 4.85 Å². The Balaban J connectivity index is 1.94. The van der Waals surface area contributed by atoms with E-state index < -0.39 is 5.97 Å². The van der Waals surface area contributed by atoms with Crippen LogP contribution in [-0.2, 0) is 11.2 Å². The third kappa shape index (κ3) is 2.85. The molecule has 0 heterocycles. The molecule has 1 aliphatic carbocycles. The second kappa shape index (κ2) is 5.01. The molecule has 2 rings (SSSR count). The number of benzene rings is 1. The summed E-state index contributed by atoms with van der Waals surface area (Å²) in [7, 11) is 0. The van der Waals surface area contributed by atoms with Gasteiger partial charge in [0, 0.05) is 0 Å². The Morgan fingerprint density at radius 3 is 2.59 bits per heavy atom. The second-order valence-corrected chi connectivity index (χ2v) is 4.70. The van der Waals surface area contributed by atoms with Crippen molar-refractivity contribution >= 4 is 11.7 Å². The number of carboxylic acids is 1. The first-order valence-electron chi connectivity index (χ1n) is 5.88. The lowest BCUT2D eigenvalue weighted by Crippen LogP contribution is -2.10. The van der Waals surface area contributed by atoms with Crippen LogP contribution in [0, 0.1) is 18.4 Å². The van der Waals surface area contributed by atoms with E-state index in [9.17, 15) is 4.79 Å². The molecule has 88 valence electrons. The molecule has 0 amide bonds. The van der Waals surface area contributed by atoms with Crippen LogP contribution >= 0.6 is 0 Å². The molecule has 0 bridgehead atoms. The largest absolute Gasteiger partial charge is 0.481 e. The van der Waals surface area contributed by atoms with E-state index in [1.165, 1.54) is 5.56 Å². The molecule has 17 heavy (non-hydrogen) atoms. The Labute approximate surface area is 101 Å². The van der Waals surface area contributed by atoms with E-state index in [-0.39, 0.29) is 5.92 Å². The summed E-state index contributed by atoms with van der Waals surface area (Å²) in [5, 5.41) is 8.93. The van der Waals surface area contributed by atoms with Crippen molar-refractivity contribution in [1.29, 1.82) is 0 Å². The van der Waals surface area contributed by atoms with Crippen LogP contribution in [0.4, 0.5) is 5.69 Å². The SMILES string of the molecule is [C-]#[N+]c1ccc(C[C@H]2CC[C@@H](C(=O)O)C2)cc1. The van der Waals surface area contributed by atoms with Crippen LogP contribution < -0.4 is 0 Å². The van der Waals surface area contributed by atoms with Crippen LogP contribution in [0.15, 0.2) is 24.3 Å². The first-order valence-corrected chi connectivity index (χ1v) is 5.88. The average Bonchev–Trinajstić information content (AvgIpc) is 2.79. The molecule has 1 aromatic carbocycles. The highest BCUT2D eigenvalue weighted by molar-refractivity contribution is 5.70. The summed E-state index contributed by atoms with van der Waals surface area (Å²) in [6.45, 7) is 6.87. The summed E-state index contributed by atoms with van der Waals surface area (Å²) >= 11 is 0. The van der Waals surface area contributed by atoms with Gasteiger partial charge < -0.3 is 5.11 Å². The number of hydrogen-bond acceptors (Lipinski definition) is 1. The number of carbonyl (C=O) groups is 1. The molecular weight excluding hydrogens is 214 g/mol. The highest BCUT2D eigenvalue weighted by atomic mass is 16.4. The van der Waals surface area contributed by atoms with Gasteiger partial charge in [-0.2, -0.15) is 0 Å². The van der Waals surface area contributed by atoms with Crippen molar-refractivity contribution in [2.24, 2.45) is 11.8 Å². The first kappa shape index (κ1) is 11.7. The van der Waals surface area contributed by atoms with Crippen LogP contribution in [0.25, 0.3) is 4.85 Å². The summed E-state index contributed by atoms with van der Waals surface area (Å²) in [4.78, 5) is 14.2. The number of nitrogens with zero attached hydrogens (tertiary/aromatic N) is 1. The molecule has 0 spiro atoms. The van der Waals surface area contributed by atoms with Crippen molar-refractivity contribution < 1.29 is 9.90 Å². The van der Waals surface area contributed by atoms with E-state index in [0.717, 1.165) is 25.7 Å². The monoisotopic (exact) mass is 229 g/mol. The first-order chi connectivity index (χ1) is 8.19. The summed E-state index contributed by atoms with van der Waals surface area (Å²) in [6.07, 6.45) is 3.53. The molecule has 2 atom stereocenters. The molecule has 1 saturated carbocycles. The number of hydrogen-bond donors (Lipinski definition) is 1. The van der Waals surface area contributed by atoms with Gasteiger partial charge in [-0.15, -0.1) is 0 Å². The minimum absolute atomic E-state index is 0.150. The Morgan fingerprint density at radius 1 is 1.35 bits per heavy atom. The lowest BCUT2D eigenvalue weighted by atomic mass is 9.96. The highest BCUT2D eigenvalue weighted by Crippen LogP contribution is 2.33. The maximum atomic E-state index is 10.8. The predicted molar refractivity (Wildman–Crippen MR) is 64.9 cm³/mol. The predicted octanol–water partition coefficient (Wildman–Crippen LogP) is 3.28. The van der Waals surface area contributed by atoms with Crippen molar-refractivity contribution in [3.8, 4) is 0 Å². The van der Waals surface area contributed by atoms with Crippen molar-refractivity contribution in [3.05, 3.63) is 41.2 Å². The standard InChI is InChI=1S/C14H15NO2/c1-15-13-6-3-10(4-7-13)8-11-2-5-12(9-11)14(16)17/h3-4,6-7,11-12H,2,5,8-9H2,(H,16,17)/t11-,12-/m1/s1. The fourth-order valence-corrected chi connectivity index (χ4v) is 2.52. The van der Waals surface area contributed by atoms with Gasteiger partial charge in [-0.3, -0.25) is 4.79 Å². The molecule has 1 aromatic rings. The zero-order chi connectivity index (χ0) is 12.3. The van der Waals surface area contributed by atoms with E-state index in [0.29, 0.717) is 11.6 Å². The molecule has 1 N–H and O–H groups in total. The third-order valence-corrected chi connectivity index (χ3v) is 3.48. The fraction of sp³-hybridized carbons (Fsp3) is 0.429. The minimum atomic E-state index is -0.657. The zero-order valence-corrected chi connectivity index (χ0v) is 9.60. The Kier molecular flexibility index (Phi) is 3.43. The third-order valence-electron chi connectivity index (χ3n) is 3.48. The van der Waals surface area contributed by atoms with Gasteiger partial charge in [0.2, 0.25) is 0 Å². The van der Waals surface area contributed by atoms with E-state index in [4.69, 9.17) is 11.7 Å². The lowest BCUT2D eigenvalue weighted by molar-refractivity contribution is -0.141. The van der Waals surface area contributed by atoms with Gasteiger partial charge in [0.25, 0.3) is 0 Å². The Hall–Kier alpha value is -1.82. The highest BCUT2D eigenvalue weighted by Gasteiger charge is 2.29. The fourth-order valence-electron chi connectivity index (χ4n) is 2.52.